The Kier molecular flexibility index (Phi) is 6.25. The molecule has 10 heteroatoms. The Morgan fingerprint density at radius 2 is 2.08 bits per heavy atom. The number of anilines is 1. The topological polar surface area (TPSA) is 130 Å². The maximum Gasteiger partial charge on any atom is 0.259 e. The van der Waals surface area contributed by atoms with Crippen molar-refractivity contribution < 1.29 is 14.3 Å². The van der Waals surface area contributed by atoms with Gasteiger partial charge in [0.15, 0.2) is 10.9 Å². The predicted octanol–water partition coefficient (Wildman–Crippen LogP) is 4.07. The van der Waals surface area contributed by atoms with E-state index in [0.29, 0.717) is 56.6 Å². The summed E-state index contributed by atoms with van der Waals surface area (Å²) in [7, 11) is 1.53. The molecular formula is C26H20N6O3S. The highest BCUT2D eigenvalue weighted by atomic mass is 32.1. The molecule has 178 valence electrons. The molecular weight excluding hydrogens is 476 g/mol. The van der Waals surface area contributed by atoms with Crippen LogP contribution in [0.25, 0.3) is 11.1 Å². The number of methoxy groups -OCH3 is 1. The lowest BCUT2D eigenvalue weighted by Crippen LogP contribution is -2.23. The van der Waals surface area contributed by atoms with Gasteiger partial charge in [-0.05, 0) is 43.3 Å². The lowest BCUT2D eigenvalue weighted by molar-refractivity contribution is 0.0946. The molecule has 0 spiro atoms. The average Bonchev–Trinajstić information content (AvgIpc) is 3.48. The zero-order valence-electron chi connectivity index (χ0n) is 19.4. The minimum atomic E-state index is -0.597. The Hall–Kier alpha value is -4.46. The van der Waals surface area contributed by atoms with Crippen molar-refractivity contribution >= 4 is 28.2 Å². The molecule has 1 atom stereocenters. The number of hydrogen-bond donors (Lipinski definition) is 2. The number of thiazole rings is 1. The van der Waals surface area contributed by atoms with Crippen LogP contribution in [-0.2, 0) is 6.54 Å². The van der Waals surface area contributed by atoms with E-state index in [1.807, 2.05) is 6.92 Å². The molecule has 3 aromatic heterocycles. The molecule has 4 heterocycles. The summed E-state index contributed by atoms with van der Waals surface area (Å²) >= 11 is 1.32. The van der Waals surface area contributed by atoms with E-state index in [1.165, 1.54) is 30.8 Å². The number of fused-ring (bicyclic) bond motifs is 1. The number of Topliss-reactive ketones (excluding diaryl/α,β-unsaturated/α-hetero) is 1. The third kappa shape index (κ3) is 4.33. The van der Waals surface area contributed by atoms with E-state index in [4.69, 9.17) is 4.74 Å². The van der Waals surface area contributed by atoms with Gasteiger partial charge in [0, 0.05) is 52.4 Å². The van der Waals surface area contributed by atoms with Gasteiger partial charge in [-0.3, -0.25) is 30.2 Å². The molecule has 9 nitrogen and oxygen atoms in total. The average molecular weight is 497 g/mol. The number of ether oxygens (including phenoxy) is 1. The summed E-state index contributed by atoms with van der Waals surface area (Å²) < 4.78 is 5.49. The Balaban J connectivity index is 1.45. The monoisotopic (exact) mass is 496 g/mol. The number of nitrogens with one attached hydrogen (secondary N) is 2. The number of carbonyl (C=O) groups excluding carboxylic acids is 2. The molecule has 0 aliphatic carbocycles. The smallest absolute Gasteiger partial charge is 0.259 e. The molecule has 0 saturated heterocycles. The van der Waals surface area contributed by atoms with E-state index in [1.54, 1.807) is 42.6 Å². The third-order valence-electron chi connectivity index (χ3n) is 5.80. The molecule has 4 aromatic rings. The highest BCUT2D eigenvalue weighted by Crippen LogP contribution is 2.36. The second-order valence-electron chi connectivity index (χ2n) is 8.10. The molecule has 0 saturated carbocycles. The third-order valence-corrected chi connectivity index (χ3v) is 6.79. The largest absolute Gasteiger partial charge is 0.496 e. The first-order chi connectivity index (χ1) is 17.5. The van der Waals surface area contributed by atoms with Crippen molar-refractivity contribution in [2.45, 2.75) is 19.5 Å². The van der Waals surface area contributed by atoms with Crippen LogP contribution in [0.2, 0.25) is 0 Å². The van der Waals surface area contributed by atoms with Crippen molar-refractivity contribution in [2.24, 2.45) is 0 Å². The van der Waals surface area contributed by atoms with Gasteiger partial charge < -0.3 is 4.74 Å². The van der Waals surface area contributed by atoms with Gasteiger partial charge in [-0.15, -0.1) is 0 Å². The quantitative estimate of drug-likeness (QED) is 0.382. The van der Waals surface area contributed by atoms with Gasteiger partial charge in [0.2, 0.25) is 0 Å². The normalized spacial score (nSPS) is 14.1. The van der Waals surface area contributed by atoms with Crippen molar-refractivity contribution in [3.05, 3.63) is 87.9 Å². The van der Waals surface area contributed by atoms with Crippen molar-refractivity contribution in [2.75, 3.05) is 12.4 Å². The summed E-state index contributed by atoms with van der Waals surface area (Å²) in [6.45, 7) is 2.30. The molecule has 1 aliphatic rings. The second kappa shape index (κ2) is 9.65. The molecule has 0 bridgehead atoms. The fourth-order valence-corrected chi connectivity index (χ4v) is 5.01. The minimum Gasteiger partial charge on any atom is -0.496 e. The number of benzene rings is 1. The fourth-order valence-electron chi connectivity index (χ4n) is 4.07. The predicted molar refractivity (Wildman–Crippen MR) is 134 cm³/mol. The van der Waals surface area contributed by atoms with Gasteiger partial charge in [0.1, 0.15) is 11.8 Å². The number of carbonyl (C=O) groups is 2. The van der Waals surface area contributed by atoms with Crippen LogP contribution in [-0.4, -0.2) is 33.8 Å². The van der Waals surface area contributed by atoms with Crippen LogP contribution in [0.4, 0.5) is 5.13 Å². The summed E-state index contributed by atoms with van der Waals surface area (Å²) in [5.41, 5.74) is 3.76. The highest BCUT2D eigenvalue weighted by Gasteiger charge is 2.33. The van der Waals surface area contributed by atoms with Gasteiger partial charge in [0.05, 0.1) is 30.0 Å². The summed E-state index contributed by atoms with van der Waals surface area (Å²) in [6.07, 6.45) is 4.63. The lowest BCUT2D eigenvalue weighted by atomic mass is 9.97. The SMILES string of the molecule is COc1ccc(C#N)cc1-c1cc(C)ncc1C(=O)Nc1nc2c(s1)CNC2C(=O)c1cccnc1. The van der Waals surface area contributed by atoms with E-state index < -0.39 is 11.9 Å². The standard InChI is InChI=1S/C26H20N6O3S/c1-14-8-17(18-9-15(10-27)5-6-20(18)35-2)19(12-29-14)25(34)32-26-31-22-21(36-26)13-30-23(22)24(33)16-4-3-7-28-11-16/h3-9,11-12,23,30H,13H2,1-2H3,(H,31,32,34). The summed E-state index contributed by atoms with van der Waals surface area (Å²) in [6, 6.07) is 11.8. The van der Waals surface area contributed by atoms with Crippen LogP contribution >= 0.6 is 11.3 Å². The van der Waals surface area contributed by atoms with Gasteiger partial charge in [-0.2, -0.15) is 5.26 Å². The molecule has 0 fully saturated rings. The Labute approximate surface area is 210 Å². The Morgan fingerprint density at radius 3 is 2.83 bits per heavy atom. The molecule has 5 rings (SSSR count). The number of nitriles is 1. The number of aryl methyl sites for hydroxylation is 1. The van der Waals surface area contributed by atoms with Gasteiger partial charge in [-0.1, -0.05) is 11.3 Å². The minimum absolute atomic E-state index is 0.125. The Morgan fingerprint density at radius 1 is 1.22 bits per heavy atom. The maximum absolute atomic E-state index is 13.4. The molecule has 1 amide bonds. The first-order valence-corrected chi connectivity index (χ1v) is 11.8. The van der Waals surface area contributed by atoms with Crippen molar-refractivity contribution in [3.8, 4) is 22.9 Å². The molecule has 36 heavy (non-hydrogen) atoms. The van der Waals surface area contributed by atoms with E-state index in [-0.39, 0.29) is 5.78 Å². The van der Waals surface area contributed by atoms with E-state index in [0.717, 1.165) is 4.88 Å². The molecule has 2 N–H and O–H groups in total. The summed E-state index contributed by atoms with van der Waals surface area (Å²) in [5.74, 6) is 0.00153. The highest BCUT2D eigenvalue weighted by molar-refractivity contribution is 7.16. The fraction of sp³-hybridized carbons (Fsp3) is 0.154. The van der Waals surface area contributed by atoms with Crippen LogP contribution in [0.5, 0.6) is 5.75 Å². The van der Waals surface area contributed by atoms with Crippen LogP contribution in [0.3, 0.4) is 0 Å². The van der Waals surface area contributed by atoms with Crippen LogP contribution in [0.15, 0.2) is 55.0 Å². The molecule has 1 aliphatic heterocycles. The van der Waals surface area contributed by atoms with Crippen LogP contribution in [0, 0.1) is 18.3 Å². The lowest BCUT2D eigenvalue weighted by Gasteiger charge is -2.14. The number of rotatable bonds is 6. The number of nitrogens with zero attached hydrogens (tertiary/aromatic N) is 4. The number of ketones is 1. The van der Waals surface area contributed by atoms with E-state index in [2.05, 4.69) is 31.7 Å². The van der Waals surface area contributed by atoms with Crippen molar-refractivity contribution in [1.29, 1.82) is 5.26 Å². The van der Waals surface area contributed by atoms with Crippen molar-refractivity contribution in [3.63, 3.8) is 0 Å². The number of amides is 1. The van der Waals surface area contributed by atoms with Gasteiger partial charge in [-0.25, -0.2) is 4.98 Å². The van der Waals surface area contributed by atoms with E-state index >= 15 is 0 Å². The summed E-state index contributed by atoms with van der Waals surface area (Å²) in [4.78, 5) is 40.1. The van der Waals surface area contributed by atoms with Crippen LogP contribution in [0.1, 0.15) is 48.6 Å². The number of pyridine rings is 2. The van der Waals surface area contributed by atoms with Crippen molar-refractivity contribution in [1.82, 2.24) is 20.3 Å². The number of hydrogen-bond acceptors (Lipinski definition) is 9. The second-order valence-corrected chi connectivity index (χ2v) is 9.18. The summed E-state index contributed by atoms with van der Waals surface area (Å²) in [5, 5.41) is 15.8. The Bertz CT molecular complexity index is 1530. The van der Waals surface area contributed by atoms with Crippen LogP contribution < -0.4 is 15.4 Å². The zero-order valence-corrected chi connectivity index (χ0v) is 20.2. The first-order valence-electron chi connectivity index (χ1n) is 11.0. The number of aromatic nitrogens is 3. The first kappa shape index (κ1) is 23.3. The van der Waals surface area contributed by atoms with Gasteiger partial charge >= 0.3 is 0 Å². The molecule has 0 radical (unpaired) electrons. The van der Waals surface area contributed by atoms with E-state index in [9.17, 15) is 14.9 Å². The molecule has 1 unspecified atom stereocenters. The maximum atomic E-state index is 13.4. The zero-order chi connectivity index (χ0) is 25.2. The molecule has 1 aromatic carbocycles. The van der Waals surface area contributed by atoms with Gasteiger partial charge in [0.25, 0.3) is 5.91 Å².